The molecule has 0 saturated heterocycles. The summed E-state index contributed by atoms with van der Waals surface area (Å²) in [5, 5.41) is 9.85. The predicted octanol–water partition coefficient (Wildman–Crippen LogP) is 4.51. The van der Waals surface area contributed by atoms with E-state index in [4.69, 9.17) is 14.0 Å². The van der Waals surface area contributed by atoms with E-state index in [0.717, 1.165) is 0 Å². The monoisotopic (exact) mass is 440 g/mol. The molecule has 0 aliphatic carbocycles. The molecule has 5 rings (SSSR count). The predicted molar refractivity (Wildman–Crippen MR) is 124 cm³/mol. The van der Waals surface area contributed by atoms with E-state index in [1.807, 2.05) is 49.4 Å². The minimum absolute atomic E-state index is 0.201. The van der Waals surface area contributed by atoms with Crippen LogP contribution in [0, 0.1) is 0 Å². The van der Waals surface area contributed by atoms with Crippen LogP contribution in [0.15, 0.2) is 82.1 Å². The lowest BCUT2D eigenvalue weighted by atomic mass is 10.1. The molecule has 33 heavy (non-hydrogen) atoms. The molecule has 0 spiro atoms. The Bertz CT molecular complexity index is 1490. The zero-order valence-electron chi connectivity index (χ0n) is 18.1. The Morgan fingerprint density at radius 1 is 0.939 bits per heavy atom. The maximum Gasteiger partial charge on any atom is 0.279 e. The van der Waals surface area contributed by atoms with Gasteiger partial charge < -0.3 is 14.0 Å². The Kier molecular flexibility index (Phi) is 5.32. The highest BCUT2D eigenvalue weighted by atomic mass is 16.5. The van der Waals surface area contributed by atoms with Crippen LogP contribution >= 0.6 is 0 Å². The molecule has 0 N–H and O–H groups in total. The third-order valence-electron chi connectivity index (χ3n) is 5.17. The van der Waals surface area contributed by atoms with Crippen molar-refractivity contribution in [1.29, 1.82) is 0 Å². The van der Waals surface area contributed by atoms with E-state index in [1.54, 1.807) is 37.4 Å². The number of benzene rings is 3. The average Bonchev–Trinajstić information content (AvgIpc) is 3.35. The summed E-state index contributed by atoms with van der Waals surface area (Å²) in [7, 11) is 1.58. The van der Waals surface area contributed by atoms with Crippen molar-refractivity contribution in [3.63, 3.8) is 0 Å². The first kappa shape index (κ1) is 20.4. The van der Waals surface area contributed by atoms with Crippen molar-refractivity contribution < 1.29 is 14.0 Å². The van der Waals surface area contributed by atoms with E-state index in [9.17, 15) is 4.79 Å². The number of nitrogens with zero attached hydrogens (tertiary/aromatic N) is 4. The van der Waals surface area contributed by atoms with Crippen molar-refractivity contribution in [3.05, 3.63) is 83.2 Å². The molecule has 8 heteroatoms. The van der Waals surface area contributed by atoms with Gasteiger partial charge in [0.15, 0.2) is 5.69 Å². The molecule has 8 nitrogen and oxygen atoms in total. The van der Waals surface area contributed by atoms with Crippen LogP contribution in [0.2, 0.25) is 0 Å². The van der Waals surface area contributed by atoms with Gasteiger partial charge in [0.05, 0.1) is 30.4 Å². The Morgan fingerprint density at radius 3 is 2.42 bits per heavy atom. The van der Waals surface area contributed by atoms with Gasteiger partial charge in [0, 0.05) is 5.39 Å². The van der Waals surface area contributed by atoms with Crippen LogP contribution in [0.25, 0.3) is 39.4 Å². The zero-order chi connectivity index (χ0) is 22.8. The molecule has 2 aromatic heterocycles. The molecule has 3 aromatic carbocycles. The van der Waals surface area contributed by atoms with Gasteiger partial charge in [-0.05, 0) is 49.4 Å². The first-order chi connectivity index (χ1) is 16.2. The number of hydrogen-bond donors (Lipinski definition) is 0. The molecule has 0 aliphatic heterocycles. The minimum Gasteiger partial charge on any atom is -0.496 e. The second kappa shape index (κ2) is 8.58. The van der Waals surface area contributed by atoms with E-state index in [1.165, 1.54) is 4.68 Å². The summed E-state index contributed by atoms with van der Waals surface area (Å²) in [6.45, 7) is 2.47. The number of fused-ring (bicyclic) bond motifs is 1. The van der Waals surface area contributed by atoms with Crippen LogP contribution in [0.4, 0.5) is 0 Å². The van der Waals surface area contributed by atoms with Crippen LogP contribution in [-0.4, -0.2) is 33.6 Å². The molecule has 0 aliphatic rings. The number of hydrogen-bond acceptors (Lipinski definition) is 7. The third kappa shape index (κ3) is 3.71. The number of para-hydroxylation sites is 1. The van der Waals surface area contributed by atoms with Gasteiger partial charge in [-0.15, -0.1) is 0 Å². The highest BCUT2D eigenvalue weighted by Gasteiger charge is 2.20. The molecule has 0 unspecified atom stereocenters. The van der Waals surface area contributed by atoms with Crippen molar-refractivity contribution in [3.8, 4) is 40.2 Å². The number of methoxy groups -OCH3 is 1. The maximum absolute atomic E-state index is 13.2. The van der Waals surface area contributed by atoms with Gasteiger partial charge in [-0.25, -0.2) is 0 Å². The SMILES string of the molecule is CCOc1ccc(-n2nc(-c3nc(-c4ccccc4OC)no3)c3ccccc3c2=O)cc1. The quantitative estimate of drug-likeness (QED) is 0.384. The standard InChI is InChI=1S/C25H20N4O4/c1-3-32-17-14-12-16(13-15-17)29-25(30)19-9-5-4-8-18(19)22(27-29)24-26-23(28-33-24)20-10-6-7-11-21(20)31-2/h4-15H,3H2,1-2H3. The van der Waals surface area contributed by atoms with Gasteiger partial charge in [-0.1, -0.05) is 35.5 Å². The van der Waals surface area contributed by atoms with Crippen molar-refractivity contribution in [2.75, 3.05) is 13.7 Å². The van der Waals surface area contributed by atoms with E-state index in [0.29, 0.717) is 51.6 Å². The summed E-state index contributed by atoms with van der Waals surface area (Å²) in [6, 6.07) is 21.8. The lowest BCUT2D eigenvalue weighted by Gasteiger charge is -2.10. The summed E-state index contributed by atoms with van der Waals surface area (Å²) < 4.78 is 17.8. The van der Waals surface area contributed by atoms with Crippen molar-refractivity contribution in [2.45, 2.75) is 6.92 Å². The summed E-state index contributed by atoms with van der Waals surface area (Å²) >= 11 is 0. The normalized spacial score (nSPS) is 11.0. The zero-order valence-corrected chi connectivity index (χ0v) is 18.1. The molecule has 164 valence electrons. The van der Waals surface area contributed by atoms with E-state index in [2.05, 4.69) is 15.2 Å². The summed E-state index contributed by atoms with van der Waals surface area (Å²) in [6.07, 6.45) is 0. The Hall–Kier alpha value is -4.46. The van der Waals surface area contributed by atoms with Crippen LogP contribution in [0.1, 0.15) is 6.92 Å². The summed E-state index contributed by atoms with van der Waals surface area (Å²) in [5.41, 5.74) is 1.45. The van der Waals surface area contributed by atoms with E-state index >= 15 is 0 Å². The Balaban J connectivity index is 1.67. The van der Waals surface area contributed by atoms with E-state index in [-0.39, 0.29) is 11.4 Å². The fourth-order valence-corrected chi connectivity index (χ4v) is 3.63. The fraction of sp³-hybridized carbons (Fsp3) is 0.120. The molecular formula is C25H20N4O4. The second-order valence-corrected chi connectivity index (χ2v) is 7.16. The summed E-state index contributed by atoms with van der Waals surface area (Å²) in [4.78, 5) is 17.8. The van der Waals surface area contributed by atoms with Gasteiger partial charge in [-0.3, -0.25) is 4.79 Å². The van der Waals surface area contributed by atoms with Crippen molar-refractivity contribution in [1.82, 2.24) is 19.9 Å². The third-order valence-corrected chi connectivity index (χ3v) is 5.17. The molecular weight excluding hydrogens is 420 g/mol. The molecule has 2 heterocycles. The summed E-state index contributed by atoms with van der Waals surface area (Å²) in [5.74, 6) is 1.91. The molecule has 0 saturated carbocycles. The molecule has 0 atom stereocenters. The molecule has 0 amide bonds. The smallest absolute Gasteiger partial charge is 0.279 e. The lowest BCUT2D eigenvalue weighted by Crippen LogP contribution is -2.22. The van der Waals surface area contributed by atoms with Crippen LogP contribution < -0.4 is 15.0 Å². The van der Waals surface area contributed by atoms with Gasteiger partial charge >= 0.3 is 0 Å². The van der Waals surface area contributed by atoms with Crippen LogP contribution in [0.3, 0.4) is 0 Å². The van der Waals surface area contributed by atoms with Gasteiger partial charge in [0.2, 0.25) is 5.82 Å². The molecule has 0 bridgehead atoms. The van der Waals surface area contributed by atoms with Crippen molar-refractivity contribution in [2.24, 2.45) is 0 Å². The lowest BCUT2D eigenvalue weighted by molar-refractivity contribution is 0.340. The van der Waals surface area contributed by atoms with Crippen molar-refractivity contribution >= 4 is 10.8 Å². The number of rotatable bonds is 6. The Labute approximate surface area is 189 Å². The van der Waals surface area contributed by atoms with Gasteiger partial charge in [-0.2, -0.15) is 14.8 Å². The van der Waals surface area contributed by atoms with Gasteiger partial charge in [0.1, 0.15) is 11.5 Å². The highest BCUT2D eigenvalue weighted by molar-refractivity contribution is 5.92. The average molecular weight is 440 g/mol. The Morgan fingerprint density at radius 2 is 1.67 bits per heavy atom. The first-order valence-corrected chi connectivity index (χ1v) is 10.4. The highest BCUT2D eigenvalue weighted by Crippen LogP contribution is 2.30. The maximum atomic E-state index is 13.2. The second-order valence-electron chi connectivity index (χ2n) is 7.16. The number of aromatic nitrogens is 4. The minimum atomic E-state index is -0.247. The topological polar surface area (TPSA) is 92.3 Å². The van der Waals surface area contributed by atoms with E-state index < -0.39 is 0 Å². The molecule has 0 radical (unpaired) electrons. The van der Waals surface area contributed by atoms with Crippen LogP contribution in [-0.2, 0) is 0 Å². The van der Waals surface area contributed by atoms with Gasteiger partial charge in [0.25, 0.3) is 11.4 Å². The first-order valence-electron chi connectivity index (χ1n) is 10.4. The molecule has 5 aromatic rings. The largest absolute Gasteiger partial charge is 0.496 e. The number of ether oxygens (including phenoxy) is 2. The fourth-order valence-electron chi connectivity index (χ4n) is 3.63. The van der Waals surface area contributed by atoms with Crippen LogP contribution in [0.5, 0.6) is 11.5 Å². The molecule has 0 fully saturated rings.